The van der Waals surface area contributed by atoms with Gasteiger partial charge >= 0.3 is 0 Å². The lowest BCUT2D eigenvalue weighted by Crippen LogP contribution is -2.33. The van der Waals surface area contributed by atoms with E-state index in [1.54, 1.807) is 31.2 Å². The Kier molecular flexibility index (Phi) is 4.85. The molecule has 1 atom stereocenters. The van der Waals surface area contributed by atoms with Crippen LogP contribution in [0.15, 0.2) is 33.9 Å². The van der Waals surface area contributed by atoms with E-state index in [1.165, 1.54) is 6.92 Å². The number of halogens is 1. The van der Waals surface area contributed by atoms with Gasteiger partial charge in [0, 0.05) is 18.9 Å². The molecule has 2 aromatic rings. The number of oxime groups is 1. The second kappa shape index (κ2) is 7.06. The van der Waals surface area contributed by atoms with E-state index in [9.17, 15) is 9.59 Å². The monoisotopic (exact) mass is 361 g/mol. The number of aromatic nitrogens is 1. The van der Waals surface area contributed by atoms with E-state index in [4.69, 9.17) is 21.0 Å². The van der Waals surface area contributed by atoms with Crippen LogP contribution in [0.25, 0.3) is 11.3 Å². The largest absolute Gasteiger partial charge is 0.390 e. The average Bonchev–Trinajstić information content (AvgIpc) is 3.20. The van der Waals surface area contributed by atoms with Gasteiger partial charge < -0.3 is 14.7 Å². The molecule has 8 heteroatoms. The summed E-state index contributed by atoms with van der Waals surface area (Å²) in [5, 5.41) is 10.9. The summed E-state index contributed by atoms with van der Waals surface area (Å²) in [6, 6.07) is 7.08. The van der Waals surface area contributed by atoms with Gasteiger partial charge in [0.05, 0.1) is 11.6 Å². The number of rotatable bonds is 5. The lowest BCUT2D eigenvalue weighted by Gasteiger charge is -2.10. The highest BCUT2D eigenvalue weighted by atomic mass is 35.5. The van der Waals surface area contributed by atoms with Gasteiger partial charge in [0.25, 0.3) is 5.91 Å². The first-order valence-electron chi connectivity index (χ1n) is 7.70. The van der Waals surface area contributed by atoms with Crippen LogP contribution in [0.3, 0.4) is 0 Å². The van der Waals surface area contributed by atoms with Crippen LogP contribution in [0.4, 0.5) is 0 Å². The van der Waals surface area contributed by atoms with Crippen molar-refractivity contribution in [3.8, 4) is 11.3 Å². The highest BCUT2D eigenvalue weighted by molar-refractivity contribution is 6.39. The van der Waals surface area contributed by atoms with Crippen molar-refractivity contribution >= 4 is 29.0 Å². The number of carbonyl (C=O) groups is 2. The zero-order chi connectivity index (χ0) is 18.0. The predicted molar refractivity (Wildman–Crippen MR) is 91.6 cm³/mol. The quantitative estimate of drug-likeness (QED) is 0.883. The van der Waals surface area contributed by atoms with Gasteiger partial charge in [0.1, 0.15) is 22.7 Å². The Labute approximate surface area is 149 Å². The van der Waals surface area contributed by atoms with E-state index in [2.05, 4.69) is 15.6 Å². The van der Waals surface area contributed by atoms with Crippen molar-refractivity contribution in [2.75, 3.05) is 6.54 Å². The number of Topliss-reactive ketones (excluding diaryl/α,β-unsaturated/α-hetero) is 1. The van der Waals surface area contributed by atoms with Crippen molar-refractivity contribution in [1.82, 2.24) is 10.5 Å². The van der Waals surface area contributed by atoms with Crippen LogP contribution < -0.4 is 5.32 Å². The maximum absolute atomic E-state index is 12.6. The number of hydrogen-bond acceptors (Lipinski definition) is 6. The maximum Gasteiger partial charge on any atom is 0.257 e. The van der Waals surface area contributed by atoms with Gasteiger partial charge in [-0.2, -0.15) is 0 Å². The van der Waals surface area contributed by atoms with Crippen LogP contribution in [0, 0.1) is 6.92 Å². The minimum absolute atomic E-state index is 0.135. The molecule has 0 fully saturated rings. The number of carbonyl (C=O) groups excluding carboxylic acids is 2. The van der Waals surface area contributed by atoms with E-state index in [-0.39, 0.29) is 24.3 Å². The molecule has 0 spiro atoms. The minimum atomic E-state index is -0.369. The second-order valence-electron chi connectivity index (χ2n) is 5.68. The highest BCUT2D eigenvalue weighted by Gasteiger charge is 2.27. The van der Waals surface area contributed by atoms with Crippen molar-refractivity contribution in [2.24, 2.45) is 5.16 Å². The normalized spacial score (nSPS) is 16.3. The third kappa shape index (κ3) is 3.56. The molecule has 7 nitrogen and oxygen atoms in total. The topological polar surface area (TPSA) is 93.8 Å². The maximum atomic E-state index is 12.6. The molecule has 0 saturated carbocycles. The summed E-state index contributed by atoms with van der Waals surface area (Å²) >= 11 is 6.19. The van der Waals surface area contributed by atoms with Crippen LogP contribution in [-0.4, -0.2) is 35.2 Å². The molecule has 3 rings (SSSR count). The molecule has 1 N–H and O–H groups in total. The molecular formula is C17H16ClN3O4. The number of hydrogen-bond donors (Lipinski definition) is 1. The average molecular weight is 362 g/mol. The fraction of sp³-hybridized carbons (Fsp3) is 0.294. The Balaban J connectivity index is 1.73. The molecular weight excluding hydrogens is 346 g/mol. The number of nitrogens with one attached hydrogen (secondary N) is 1. The van der Waals surface area contributed by atoms with Gasteiger partial charge in [-0.05, 0) is 13.0 Å². The molecule has 1 aliphatic heterocycles. The van der Waals surface area contributed by atoms with Crippen LogP contribution in [0.2, 0.25) is 5.02 Å². The summed E-state index contributed by atoms with van der Waals surface area (Å²) in [6.07, 6.45) is 0.00192. The van der Waals surface area contributed by atoms with E-state index in [0.717, 1.165) is 0 Å². The summed E-state index contributed by atoms with van der Waals surface area (Å²) < 4.78 is 5.18. The molecule has 1 aliphatic rings. The van der Waals surface area contributed by atoms with Crippen molar-refractivity contribution in [2.45, 2.75) is 26.4 Å². The molecule has 0 bridgehead atoms. The predicted octanol–water partition coefficient (Wildman–Crippen LogP) is 2.77. The molecule has 130 valence electrons. The van der Waals surface area contributed by atoms with Gasteiger partial charge in [0.2, 0.25) is 0 Å². The molecule has 2 heterocycles. The Morgan fingerprint density at radius 2 is 2.12 bits per heavy atom. The molecule has 25 heavy (non-hydrogen) atoms. The molecule has 1 amide bonds. The number of benzene rings is 1. The van der Waals surface area contributed by atoms with Gasteiger partial charge in [0.15, 0.2) is 11.9 Å². The van der Waals surface area contributed by atoms with Crippen LogP contribution in [-0.2, 0) is 9.63 Å². The molecule has 1 aromatic carbocycles. The smallest absolute Gasteiger partial charge is 0.257 e. The first kappa shape index (κ1) is 17.2. The molecule has 1 aromatic heterocycles. The summed E-state index contributed by atoms with van der Waals surface area (Å²) in [5.41, 5.74) is 1.69. The minimum Gasteiger partial charge on any atom is -0.390 e. The van der Waals surface area contributed by atoms with E-state index in [0.29, 0.717) is 39.7 Å². The lowest BCUT2D eigenvalue weighted by molar-refractivity contribution is -0.111. The number of aryl methyl sites for hydroxylation is 1. The Morgan fingerprint density at radius 1 is 1.36 bits per heavy atom. The highest BCUT2D eigenvalue weighted by Crippen LogP contribution is 2.30. The van der Waals surface area contributed by atoms with Gasteiger partial charge in [-0.1, -0.05) is 40.1 Å². The molecule has 0 radical (unpaired) electrons. The molecule has 0 unspecified atom stereocenters. The standard InChI is InChI=1S/C17H16ClN3O4/c1-9(22)14-7-11(25-20-14)8-19-17(23)15-10(2)24-21-16(15)12-5-3-4-6-13(12)18/h3-6,11H,7-8H2,1-2H3,(H,19,23)/t11-/m0/s1. The van der Waals surface area contributed by atoms with E-state index >= 15 is 0 Å². The van der Waals surface area contributed by atoms with E-state index in [1.807, 2.05) is 0 Å². The zero-order valence-electron chi connectivity index (χ0n) is 13.7. The van der Waals surface area contributed by atoms with Gasteiger partial charge in [-0.3, -0.25) is 9.59 Å². The lowest BCUT2D eigenvalue weighted by atomic mass is 10.1. The second-order valence-corrected chi connectivity index (χ2v) is 6.09. The molecule has 0 saturated heterocycles. The first-order valence-corrected chi connectivity index (χ1v) is 8.08. The van der Waals surface area contributed by atoms with Crippen molar-refractivity contribution in [1.29, 1.82) is 0 Å². The van der Waals surface area contributed by atoms with E-state index < -0.39 is 0 Å². The number of amides is 1. The summed E-state index contributed by atoms with van der Waals surface area (Å²) in [6.45, 7) is 3.30. The summed E-state index contributed by atoms with van der Waals surface area (Å²) in [5.74, 6) is -0.0984. The van der Waals surface area contributed by atoms with Crippen LogP contribution in [0.5, 0.6) is 0 Å². The first-order chi connectivity index (χ1) is 12.0. The van der Waals surface area contributed by atoms with Crippen molar-refractivity contribution < 1.29 is 18.9 Å². The van der Waals surface area contributed by atoms with Crippen molar-refractivity contribution in [3.05, 3.63) is 40.6 Å². The van der Waals surface area contributed by atoms with Gasteiger partial charge in [-0.15, -0.1) is 0 Å². The third-order valence-electron chi connectivity index (χ3n) is 3.85. The Hall–Kier alpha value is -2.67. The third-order valence-corrected chi connectivity index (χ3v) is 4.18. The van der Waals surface area contributed by atoms with Crippen molar-refractivity contribution in [3.63, 3.8) is 0 Å². The Bertz CT molecular complexity index is 859. The number of nitrogens with zero attached hydrogens (tertiary/aromatic N) is 2. The van der Waals surface area contributed by atoms with Gasteiger partial charge in [-0.25, -0.2) is 0 Å². The molecule has 0 aliphatic carbocycles. The fourth-order valence-electron chi connectivity index (χ4n) is 2.52. The summed E-state index contributed by atoms with van der Waals surface area (Å²) in [4.78, 5) is 29.0. The van der Waals surface area contributed by atoms with Crippen LogP contribution >= 0.6 is 11.6 Å². The number of ketones is 1. The SMILES string of the molecule is CC(=O)C1=NO[C@H](CNC(=O)c2c(-c3ccccc3Cl)noc2C)C1. The summed E-state index contributed by atoms with van der Waals surface area (Å²) in [7, 11) is 0. The zero-order valence-corrected chi connectivity index (χ0v) is 14.5. The van der Waals surface area contributed by atoms with Crippen LogP contribution in [0.1, 0.15) is 29.5 Å². The Morgan fingerprint density at radius 3 is 2.80 bits per heavy atom. The fourth-order valence-corrected chi connectivity index (χ4v) is 2.74.